The summed E-state index contributed by atoms with van der Waals surface area (Å²) in [6, 6.07) is 9.89. The summed E-state index contributed by atoms with van der Waals surface area (Å²) in [5, 5.41) is 7.53. The number of anilines is 1. The highest BCUT2D eigenvalue weighted by Crippen LogP contribution is 2.30. The average Bonchev–Trinajstić information content (AvgIpc) is 3.04. The zero-order chi connectivity index (χ0) is 28.7. The third-order valence-electron chi connectivity index (χ3n) is 5.53. The van der Waals surface area contributed by atoms with E-state index >= 15 is 0 Å². The SMILES string of the molecule is CC(=O)c1c(C)oc(=O)c(N=Nc2ccc(S(=O)(=O)NC(=O)CN3C(=O)c4ccccc4S3(=O)=O)cc2)c1N. The normalized spacial score (nSPS) is 14.4. The van der Waals surface area contributed by atoms with Gasteiger partial charge in [-0.1, -0.05) is 12.1 Å². The van der Waals surface area contributed by atoms with Crippen LogP contribution in [0.4, 0.5) is 17.1 Å². The van der Waals surface area contributed by atoms with Gasteiger partial charge in [0.25, 0.3) is 31.9 Å². The van der Waals surface area contributed by atoms with Crippen LogP contribution in [0.15, 0.2) is 77.8 Å². The third kappa shape index (κ3) is 5.06. The minimum Gasteiger partial charge on any atom is -0.426 e. The highest BCUT2D eigenvalue weighted by Gasteiger charge is 2.42. The Hall–Kier alpha value is -4.70. The second-order valence-electron chi connectivity index (χ2n) is 8.17. The van der Waals surface area contributed by atoms with Crippen LogP contribution in [0.2, 0.25) is 0 Å². The van der Waals surface area contributed by atoms with Gasteiger partial charge in [0.15, 0.2) is 11.5 Å². The van der Waals surface area contributed by atoms with E-state index in [1.54, 1.807) is 4.72 Å². The Labute approximate surface area is 221 Å². The molecule has 14 nitrogen and oxygen atoms in total. The monoisotopic (exact) mass is 573 g/mol. The Morgan fingerprint density at radius 3 is 2.31 bits per heavy atom. The van der Waals surface area contributed by atoms with Crippen molar-refractivity contribution < 1.29 is 35.6 Å². The lowest BCUT2D eigenvalue weighted by molar-refractivity contribution is -0.119. The third-order valence-corrected chi connectivity index (χ3v) is 8.70. The smallest absolute Gasteiger partial charge is 0.366 e. The summed E-state index contributed by atoms with van der Waals surface area (Å²) in [5.74, 6) is -2.63. The van der Waals surface area contributed by atoms with Gasteiger partial charge in [0.05, 0.1) is 27.4 Å². The lowest BCUT2D eigenvalue weighted by atomic mass is 10.1. The number of amides is 2. The minimum atomic E-state index is -4.47. The number of nitrogens with one attached hydrogen (secondary N) is 1. The molecule has 2 aromatic carbocycles. The fourth-order valence-corrected chi connectivity index (χ4v) is 6.25. The van der Waals surface area contributed by atoms with E-state index in [1.807, 2.05) is 0 Å². The first-order valence-corrected chi connectivity index (χ1v) is 13.8. The van der Waals surface area contributed by atoms with Crippen molar-refractivity contribution in [3.63, 3.8) is 0 Å². The molecular weight excluding hydrogens is 554 g/mol. The number of azo groups is 1. The predicted octanol–water partition coefficient (Wildman–Crippen LogP) is 1.80. The molecule has 16 heteroatoms. The molecule has 202 valence electrons. The van der Waals surface area contributed by atoms with Gasteiger partial charge < -0.3 is 10.2 Å². The maximum atomic E-state index is 12.6. The van der Waals surface area contributed by atoms with Crippen LogP contribution in [0.1, 0.15) is 33.4 Å². The first-order valence-electron chi connectivity index (χ1n) is 10.9. The topological polar surface area (TPSA) is 216 Å². The van der Waals surface area contributed by atoms with E-state index in [9.17, 15) is 36.0 Å². The van der Waals surface area contributed by atoms with E-state index in [0.717, 1.165) is 12.1 Å². The average molecular weight is 574 g/mol. The Bertz CT molecular complexity index is 1850. The molecule has 1 aliphatic rings. The van der Waals surface area contributed by atoms with Crippen LogP contribution in [-0.4, -0.2) is 45.3 Å². The zero-order valence-corrected chi connectivity index (χ0v) is 21.9. The van der Waals surface area contributed by atoms with E-state index < -0.39 is 55.5 Å². The number of carbonyl (C=O) groups is 3. The lowest BCUT2D eigenvalue weighted by Crippen LogP contribution is -2.42. The number of aryl methyl sites for hydroxylation is 1. The molecule has 0 atom stereocenters. The summed E-state index contributed by atoms with van der Waals surface area (Å²) >= 11 is 0. The van der Waals surface area contributed by atoms with Crippen LogP contribution in [0.3, 0.4) is 0 Å². The number of fused-ring (bicyclic) bond motifs is 1. The number of Topliss-reactive ketones (excluding diaryl/α,β-unsaturated/α-hetero) is 1. The molecule has 1 aliphatic heterocycles. The van der Waals surface area contributed by atoms with Gasteiger partial charge in [-0.15, -0.1) is 5.11 Å². The van der Waals surface area contributed by atoms with Crippen LogP contribution in [0, 0.1) is 6.92 Å². The summed E-state index contributed by atoms with van der Waals surface area (Å²) in [7, 11) is -8.78. The van der Waals surface area contributed by atoms with Gasteiger partial charge in [-0.2, -0.15) is 5.11 Å². The minimum absolute atomic E-state index is 0.0203. The highest BCUT2D eigenvalue weighted by atomic mass is 32.2. The second kappa shape index (κ2) is 9.88. The molecule has 39 heavy (non-hydrogen) atoms. The number of rotatable bonds is 7. The fourth-order valence-electron chi connectivity index (χ4n) is 3.75. The summed E-state index contributed by atoms with van der Waals surface area (Å²) in [4.78, 5) is 48.1. The summed E-state index contributed by atoms with van der Waals surface area (Å²) in [6.45, 7) is 1.58. The van der Waals surface area contributed by atoms with Crippen molar-refractivity contribution in [1.82, 2.24) is 9.03 Å². The molecular formula is C23H19N5O9S2. The first-order chi connectivity index (χ1) is 18.2. The number of carbonyl (C=O) groups excluding carboxylic acids is 3. The molecule has 1 aromatic heterocycles. The molecule has 4 rings (SSSR count). The number of nitrogens with zero attached hydrogens (tertiary/aromatic N) is 3. The van der Waals surface area contributed by atoms with Gasteiger partial charge in [0.1, 0.15) is 17.2 Å². The molecule has 0 bridgehead atoms. The summed E-state index contributed by atoms with van der Waals surface area (Å²) in [5.41, 5.74) is 4.24. The molecule has 0 saturated carbocycles. The molecule has 0 aliphatic carbocycles. The molecule has 0 fully saturated rings. The summed E-state index contributed by atoms with van der Waals surface area (Å²) < 4.78 is 57.4. The Kier molecular flexibility index (Phi) is 6.93. The van der Waals surface area contributed by atoms with Gasteiger partial charge in [-0.3, -0.25) is 14.4 Å². The number of sulfonamides is 2. The highest BCUT2D eigenvalue weighted by molar-refractivity contribution is 7.90. The maximum Gasteiger partial charge on any atom is 0.366 e. The fraction of sp³-hybridized carbons (Fsp3) is 0.130. The molecule has 2 amide bonds. The molecule has 0 spiro atoms. The van der Waals surface area contributed by atoms with Crippen molar-refractivity contribution in [2.75, 3.05) is 12.3 Å². The predicted molar refractivity (Wildman–Crippen MR) is 135 cm³/mol. The van der Waals surface area contributed by atoms with Crippen molar-refractivity contribution in [2.24, 2.45) is 10.2 Å². The van der Waals surface area contributed by atoms with E-state index in [-0.39, 0.29) is 42.4 Å². The van der Waals surface area contributed by atoms with Crippen molar-refractivity contribution in [3.8, 4) is 0 Å². The first kappa shape index (κ1) is 27.3. The molecule has 2 heterocycles. The van der Waals surface area contributed by atoms with Crippen LogP contribution >= 0.6 is 0 Å². The van der Waals surface area contributed by atoms with Gasteiger partial charge in [0.2, 0.25) is 0 Å². The van der Waals surface area contributed by atoms with Crippen molar-refractivity contribution >= 4 is 54.7 Å². The van der Waals surface area contributed by atoms with Crippen molar-refractivity contribution in [3.05, 3.63) is 75.8 Å². The molecule has 3 N–H and O–H groups in total. The Morgan fingerprint density at radius 2 is 1.69 bits per heavy atom. The number of ketones is 1. The largest absolute Gasteiger partial charge is 0.426 e. The zero-order valence-electron chi connectivity index (χ0n) is 20.2. The number of hydrogen-bond donors (Lipinski definition) is 2. The number of hydrogen-bond acceptors (Lipinski definition) is 12. The quantitative estimate of drug-likeness (QED) is 0.308. The molecule has 0 unspecified atom stereocenters. The number of nitrogens with two attached hydrogens (primary N) is 1. The van der Waals surface area contributed by atoms with Crippen LogP contribution in [-0.2, 0) is 24.8 Å². The van der Waals surface area contributed by atoms with Gasteiger partial charge in [-0.25, -0.2) is 30.7 Å². The van der Waals surface area contributed by atoms with Gasteiger partial charge in [0, 0.05) is 0 Å². The molecule has 0 radical (unpaired) electrons. The maximum absolute atomic E-state index is 12.6. The van der Waals surface area contributed by atoms with E-state index in [0.29, 0.717) is 0 Å². The Morgan fingerprint density at radius 1 is 1.05 bits per heavy atom. The van der Waals surface area contributed by atoms with E-state index in [2.05, 4.69) is 10.2 Å². The van der Waals surface area contributed by atoms with Crippen LogP contribution in [0.5, 0.6) is 0 Å². The standard InChI is InChI=1S/C23H19N5O9S2/c1-12(29)19-13(2)37-23(32)21(20(19)24)26-25-14-7-9-15(10-8-14)38(33,34)27-18(30)11-28-22(31)16-5-3-4-6-17(16)39(28,35)36/h3-10H,11,24H2,1-2H3,(H,27,30). The molecule has 3 aromatic rings. The van der Waals surface area contributed by atoms with Gasteiger partial charge in [-0.05, 0) is 50.2 Å². The van der Waals surface area contributed by atoms with Crippen molar-refractivity contribution in [2.45, 2.75) is 23.6 Å². The lowest BCUT2D eigenvalue weighted by Gasteiger charge is -2.15. The van der Waals surface area contributed by atoms with E-state index in [4.69, 9.17) is 10.2 Å². The van der Waals surface area contributed by atoms with Gasteiger partial charge >= 0.3 is 5.63 Å². The van der Waals surface area contributed by atoms with Crippen molar-refractivity contribution in [1.29, 1.82) is 0 Å². The number of benzene rings is 2. The molecule has 0 saturated heterocycles. The van der Waals surface area contributed by atoms with E-state index in [1.165, 1.54) is 50.2 Å². The van der Waals surface area contributed by atoms with Crippen LogP contribution < -0.4 is 16.1 Å². The van der Waals surface area contributed by atoms with Crippen LogP contribution in [0.25, 0.3) is 0 Å². The summed E-state index contributed by atoms with van der Waals surface area (Å²) in [6.07, 6.45) is 0. The Balaban J connectivity index is 1.49. The number of nitrogen functional groups attached to an aromatic ring is 1. The second-order valence-corrected chi connectivity index (χ2v) is 11.7.